The summed E-state index contributed by atoms with van der Waals surface area (Å²) in [6.07, 6.45) is 3.16. The zero-order valence-corrected chi connectivity index (χ0v) is 17.7. The molecule has 0 spiro atoms. The number of aryl methyl sites for hydroxylation is 1. The molecule has 0 radical (unpaired) electrons. The summed E-state index contributed by atoms with van der Waals surface area (Å²) in [6.45, 7) is 2.13. The van der Waals surface area contributed by atoms with Crippen LogP contribution in [0.3, 0.4) is 0 Å². The highest BCUT2D eigenvalue weighted by Crippen LogP contribution is 2.22. The summed E-state index contributed by atoms with van der Waals surface area (Å²) in [4.78, 5) is 16.7. The lowest BCUT2D eigenvalue weighted by Crippen LogP contribution is -2.30. The monoisotopic (exact) mass is 429 g/mol. The van der Waals surface area contributed by atoms with Crippen LogP contribution in [0.4, 0.5) is 10.5 Å². The highest BCUT2D eigenvalue weighted by Gasteiger charge is 2.12. The Bertz CT molecular complexity index is 1140. The van der Waals surface area contributed by atoms with Crippen molar-refractivity contribution in [3.05, 3.63) is 60.0 Å². The Morgan fingerprint density at radius 1 is 1.17 bits per heavy atom. The lowest BCUT2D eigenvalue weighted by atomic mass is 10.2. The van der Waals surface area contributed by atoms with Crippen molar-refractivity contribution >= 4 is 21.6 Å². The maximum absolute atomic E-state index is 12.2. The number of nitrogens with one attached hydrogen (secondary N) is 2. The van der Waals surface area contributed by atoms with E-state index in [0.29, 0.717) is 30.2 Å². The van der Waals surface area contributed by atoms with Gasteiger partial charge in [0.25, 0.3) is 0 Å². The van der Waals surface area contributed by atoms with Crippen molar-refractivity contribution in [2.24, 2.45) is 0 Å². The molecule has 2 N–H and O–H groups in total. The Hall–Kier alpha value is -3.33. The van der Waals surface area contributed by atoms with Crippen LogP contribution in [0.5, 0.6) is 5.75 Å². The molecule has 30 heavy (non-hydrogen) atoms. The number of anilines is 1. The minimum absolute atomic E-state index is 0.150. The summed E-state index contributed by atoms with van der Waals surface area (Å²) in [5.74, 6) is 1.24. The Labute approximate surface area is 175 Å². The van der Waals surface area contributed by atoms with Gasteiger partial charge in [0.2, 0.25) is 5.89 Å². The molecule has 2 aromatic carbocycles. The molecule has 8 nitrogen and oxygen atoms in total. The van der Waals surface area contributed by atoms with E-state index < -0.39 is 15.9 Å². The van der Waals surface area contributed by atoms with Crippen molar-refractivity contribution < 1.29 is 22.4 Å². The van der Waals surface area contributed by atoms with Gasteiger partial charge in [-0.05, 0) is 48.9 Å². The molecule has 3 rings (SSSR count). The van der Waals surface area contributed by atoms with Crippen molar-refractivity contribution in [2.75, 3.05) is 25.2 Å². The Morgan fingerprint density at radius 3 is 2.57 bits per heavy atom. The third kappa shape index (κ3) is 5.38. The van der Waals surface area contributed by atoms with Gasteiger partial charge >= 0.3 is 6.03 Å². The van der Waals surface area contributed by atoms with Gasteiger partial charge in [-0.25, -0.2) is 18.2 Å². The first-order chi connectivity index (χ1) is 14.3. The fourth-order valence-electron chi connectivity index (χ4n) is 2.73. The van der Waals surface area contributed by atoms with E-state index in [2.05, 4.69) is 15.6 Å². The van der Waals surface area contributed by atoms with Crippen LogP contribution < -0.4 is 15.4 Å². The highest BCUT2D eigenvalue weighted by molar-refractivity contribution is 7.90. The smallest absolute Gasteiger partial charge is 0.319 e. The molecule has 0 fully saturated rings. The Morgan fingerprint density at radius 2 is 1.90 bits per heavy atom. The lowest BCUT2D eigenvalue weighted by Gasteiger charge is -2.11. The van der Waals surface area contributed by atoms with E-state index in [9.17, 15) is 13.2 Å². The number of carbonyl (C=O) groups is 1. The minimum atomic E-state index is -3.35. The molecule has 9 heteroatoms. The highest BCUT2D eigenvalue weighted by atomic mass is 32.2. The number of ether oxygens (including phenoxy) is 1. The van der Waals surface area contributed by atoms with E-state index in [-0.39, 0.29) is 4.90 Å². The summed E-state index contributed by atoms with van der Waals surface area (Å²) in [6, 6.07) is 11.5. The predicted molar refractivity (Wildman–Crippen MR) is 114 cm³/mol. The first-order valence-corrected chi connectivity index (χ1v) is 11.1. The number of sulfone groups is 1. The van der Waals surface area contributed by atoms with E-state index in [1.165, 1.54) is 12.1 Å². The zero-order valence-electron chi connectivity index (χ0n) is 16.9. The molecule has 0 atom stereocenters. The molecule has 3 aromatic rings. The van der Waals surface area contributed by atoms with Gasteiger partial charge in [-0.2, -0.15) is 0 Å². The van der Waals surface area contributed by atoms with E-state index >= 15 is 0 Å². The standard InChI is InChI=1S/C21H23N3O5S/c1-14-4-9-18(30(3,26)27)12-19(14)24-21(25)22-11-10-16-13-29-20(23-16)15-5-7-17(28-2)8-6-15/h4-9,12-13H,10-11H2,1-3H3,(H2,22,24,25). The van der Waals surface area contributed by atoms with Crippen LogP contribution >= 0.6 is 0 Å². The second-order valence-electron chi connectivity index (χ2n) is 6.75. The van der Waals surface area contributed by atoms with Crippen LogP contribution in [0, 0.1) is 6.92 Å². The maximum Gasteiger partial charge on any atom is 0.319 e. The van der Waals surface area contributed by atoms with Gasteiger partial charge in [0.05, 0.1) is 17.7 Å². The van der Waals surface area contributed by atoms with Gasteiger partial charge in [0.15, 0.2) is 9.84 Å². The van der Waals surface area contributed by atoms with E-state index in [0.717, 1.165) is 23.1 Å². The van der Waals surface area contributed by atoms with Gasteiger partial charge in [0.1, 0.15) is 12.0 Å². The average molecular weight is 429 g/mol. The Balaban J connectivity index is 1.54. The maximum atomic E-state index is 12.2. The van der Waals surface area contributed by atoms with Crippen molar-refractivity contribution in [2.45, 2.75) is 18.2 Å². The summed E-state index contributed by atoms with van der Waals surface area (Å²) in [5, 5.41) is 5.41. The van der Waals surface area contributed by atoms with Crippen molar-refractivity contribution in [1.82, 2.24) is 10.3 Å². The molecule has 0 saturated heterocycles. The first-order valence-electron chi connectivity index (χ1n) is 9.20. The van der Waals surface area contributed by atoms with Crippen LogP contribution in [0.25, 0.3) is 11.5 Å². The van der Waals surface area contributed by atoms with Crippen LogP contribution in [0.15, 0.2) is 58.0 Å². The fraction of sp³-hybridized carbons (Fsp3) is 0.238. The molecule has 0 aliphatic carbocycles. The van der Waals surface area contributed by atoms with Gasteiger partial charge in [-0.1, -0.05) is 6.07 Å². The summed E-state index contributed by atoms with van der Waals surface area (Å²) in [5.41, 5.74) is 2.74. The number of hydrogen-bond acceptors (Lipinski definition) is 6. The average Bonchev–Trinajstić information content (AvgIpc) is 3.18. The van der Waals surface area contributed by atoms with Crippen LogP contribution in [-0.2, 0) is 16.3 Å². The summed E-state index contributed by atoms with van der Waals surface area (Å²) < 4.78 is 34.0. The molecular weight excluding hydrogens is 406 g/mol. The molecule has 0 bridgehead atoms. The number of hydrogen-bond donors (Lipinski definition) is 2. The summed E-state index contributed by atoms with van der Waals surface area (Å²) in [7, 11) is -1.75. The largest absolute Gasteiger partial charge is 0.497 e. The van der Waals surface area contributed by atoms with Crippen LogP contribution in [0.1, 0.15) is 11.3 Å². The molecule has 2 amide bonds. The second-order valence-corrected chi connectivity index (χ2v) is 8.77. The number of aromatic nitrogens is 1. The molecule has 1 heterocycles. The van der Waals surface area contributed by atoms with Gasteiger partial charge < -0.3 is 19.8 Å². The molecule has 0 unspecified atom stereocenters. The summed E-state index contributed by atoms with van der Waals surface area (Å²) >= 11 is 0. The second kappa shape index (κ2) is 9.00. The topological polar surface area (TPSA) is 111 Å². The molecular formula is C21H23N3O5S. The van der Waals surface area contributed by atoms with E-state index in [4.69, 9.17) is 9.15 Å². The van der Waals surface area contributed by atoms with Crippen LogP contribution in [0.2, 0.25) is 0 Å². The number of nitrogens with zero attached hydrogens (tertiary/aromatic N) is 1. The van der Waals surface area contributed by atoms with Gasteiger partial charge in [0, 0.05) is 30.5 Å². The van der Waals surface area contributed by atoms with Gasteiger partial charge in [-0.3, -0.25) is 0 Å². The number of rotatable bonds is 7. The van der Waals surface area contributed by atoms with Crippen LogP contribution in [-0.4, -0.2) is 39.3 Å². The molecule has 0 aliphatic heterocycles. The molecule has 0 saturated carbocycles. The lowest BCUT2D eigenvalue weighted by molar-refractivity contribution is 0.252. The molecule has 0 aliphatic rings. The van der Waals surface area contributed by atoms with Crippen molar-refractivity contribution in [3.63, 3.8) is 0 Å². The normalized spacial score (nSPS) is 11.2. The quantitative estimate of drug-likeness (QED) is 0.595. The third-order valence-electron chi connectivity index (χ3n) is 4.44. The molecule has 158 valence electrons. The SMILES string of the molecule is COc1ccc(-c2nc(CCNC(=O)Nc3cc(S(C)(=O)=O)ccc3C)co2)cc1. The first kappa shape index (κ1) is 21.4. The third-order valence-corrected chi connectivity index (χ3v) is 5.55. The van der Waals surface area contributed by atoms with E-state index in [1.54, 1.807) is 26.4 Å². The Kier molecular flexibility index (Phi) is 6.41. The number of amides is 2. The van der Waals surface area contributed by atoms with E-state index in [1.807, 2.05) is 24.3 Å². The van der Waals surface area contributed by atoms with Crippen molar-refractivity contribution in [3.8, 4) is 17.2 Å². The number of urea groups is 1. The number of benzene rings is 2. The fourth-order valence-corrected chi connectivity index (χ4v) is 3.37. The number of carbonyl (C=O) groups excluding carboxylic acids is 1. The number of oxazole rings is 1. The van der Waals surface area contributed by atoms with Gasteiger partial charge in [-0.15, -0.1) is 0 Å². The van der Waals surface area contributed by atoms with Crippen molar-refractivity contribution in [1.29, 1.82) is 0 Å². The molecule has 1 aromatic heterocycles. The zero-order chi connectivity index (χ0) is 21.7. The number of methoxy groups -OCH3 is 1. The predicted octanol–water partition coefficient (Wildman–Crippen LogP) is 3.43. The minimum Gasteiger partial charge on any atom is -0.497 e.